The highest BCUT2D eigenvalue weighted by atomic mass is 16.1. The van der Waals surface area contributed by atoms with E-state index in [9.17, 15) is 9.59 Å². The van der Waals surface area contributed by atoms with Crippen molar-refractivity contribution in [3.63, 3.8) is 0 Å². The maximum absolute atomic E-state index is 10.5. The van der Waals surface area contributed by atoms with Gasteiger partial charge in [-0.15, -0.1) is 0 Å². The molecule has 2 nitrogen and oxygen atoms in total. The summed E-state index contributed by atoms with van der Waals surface area (Å²) >= 11 is 0. The third-order valence-corrected chi connectivity index (χ3v) is 2.20. The predicted molar refractivity (Wildman–Crippen MR) is 53.7 cm³/mol. The maximum Gasteiger partial charge on any atom is 0.132 e. The molecular weight excluding hydrogens is 164 g/mol. The minimum Gasteiger partial charge on any atom is -0.300 e. The standard InChI is InChI=1S/C6H10O.C5H10O/c7-6-4-2-1-3-5-6;1-3-5(6)4-2/h1-5H2;3-4H2,1-2H3. The van der Waals surface area contributed by atoms with Crippen LogP contribution in [0.5, 0.6) is 0 Å². The van der Waals surface area contributed by atoms with E-state index in [1.807, 2.05) is 13.8 Å². The molecular formula is C11H20O2. The summed E-state index contributed by atoms with van der Waals surface area (Å²) in [6.45, 7) is 3.76. The van der Waals surface area contributed by atoms with E-state index in [1.165, 1.54) is 6.42 Å². The molecule has 0 atom stereocenters. The third-order valence-electron chi connectivity index (χ3n) is 2.20. The minimum atomic E-state index is 0.343. The number of carbonyl (C=O) groups is 2. The van der Waals surface area contributed by atoms with E-state index in [2.05, 4.69) is 0 Å². The Labute approximate surface area is 80.7 Å². The molecule has 1 aliphatic rings. The lowest BCUT2D eigenvalue weighted by molar-refractivity contribution is -0.120. The fourth-order valence-corrected chi connectivity index (χ4v) is 1.20. The molecule has 0 radical (unpaired) electrons. The summed E-state index contributed by atoms with van der Waals surface area (Å²) in [5.74, 6) is 0.807. The van der Waals surface area contributed by atoms with E-state index in [0.29, 0.717) is 24.4 Å². The number of hydrogen-bond donors (Lipinski definition) is 0. The van der Waals surface area contributed by atoms with Crippen LogP contribution in [0.3, 0.4) is 0 Å². The first-order chi connectivity index (χ1) is 6.20. The Kier molecular flexibility index (Phi) is 7.56. The lowest BCUT2D eigenvalue weighted by Crippen LogP contribution is -2.02. The van der Waals surface area contributed by atoms with Crippen LogP contribution in [-0.4, -0.2) is 11.6 Å². The second-order valence-corrected chi connectivity index (χ2v) is 3.35. The van der Waals surface area contributed by atoms with Gasteiger partial charge in [-0.05, 0) is 12.8 Å². The van der Waals surface area contributed by atoms with Gasteiger partial charge in [-0.1, -0.05) is 20.3 Å². The van der Waals surface area contributed by atoms with E-state index in [4.69, 9.17) is 0 Å². The van der Waals surface area contributed by atoms with Crippen molar-refractivity contribution in [2.24, 2.45) is 0 Å². The maximum atomic E-state index is 10.5. The lowest BCUT2D eigenvalue weighted by atomic mass is 10.00. The average molecular weight is 184 g/mol. The Hall–Kier alpha value is -0.660. The number of rotatable bonds is 2. The van der Waals surface area contributed by atoms with Gasteiger partial charge in [-0.25, -0.2) is 0 Å². The van der Waals surface area contributed by atoms with E-state index in [0.717, 1.165) is 25.7 Å². The molecule has 1 fully saturated rings. The van der Waals surface area contributed by atoms with Gasteiger partial charge in [0.05, 0.1) is 0 Å². The summed E-state index contributed by atoms with van der Waals surface area (Å²) in [7, 11) is 0. The van der Waals surface area contributed by atoms with Crippen LogP contribution in [0.15, 0.2) is 0 Å². The zero-order valence-corrected chi connectivity index (χ0v) is 8.77. The molecule has 0 heterocycles. The summed E-state index contributed by atoms with van der Waals surface area (Å²) in [5, 5.41) is 0. The molecule has 0 aromatic rings. The van der Waals surface area contributed by atoms with Crippen LogP contribution in [0.4, 0.5) is 0 Å². The van der Waals surface area contributed by atoms with Crippen molar-refractivity contribution in [1.29, 1.82) is 0 Å². The first-order valence-electron chi connectivity index (χ1n) is 5.24. The van der Waals surface area contributed by atoms with Crippen LogP contribution in [0.1, 0.15) is 58.8 Å². The second kappa shape index (κ2) is 7.96. The molecule has 0 saturated heterocycles. The minimum absolute atomic E-state index is 0.343. The normalized spacial score (nSPS) is 16.0. The lowest BCUT2D eigenvalue weighted by Gasteiger charge is -2.05. The number of ketones is 2. The molecule has 13 heavy (non-hydrogen) atoms. The largest absolute Gasteiger partial charge is 0.300 e. The first kappa shape index (κ1) is 12.3. The van der Waals surface area contributed by atoms with Crippen molar-refractivity contribution in [2.45, 2.75) is 58.8 Å². The molecule has 0 amide bonds. The van der Waals surface area contributed by atoms with Gasteiger partial charge in [0.2, 0.25) is 0 Å². The van der Waals surface area contributed by atoms with Crippen LogP contribution >= 0.6 is 0 Å². The molecule has 0 aromatic carbocycles. The van der Waals surface area contributed by atoms with Crippen molar-refractivity contribution in [3.8, 4) is 0 Å². The molecule has 1 aliphatic carbocycles. The molecule has 1 saturated carbocycles. The number of hydrogen-bond acceptors (Lipinski definition) is 2. The summed E-state index contributed by atoms with van der Waals surface area (Å²) in [5.41, 5.74) is 0. The van der Waals surface area contributed by atoms with Crippen molar-refractivity contribution < 1.29 is 9.59 Å². The zero-order valence-electron chi connectivity index (χ0n) is 8.77. The van der Waals surface area contributed by atoms with E-state index < -0.39 is 0 Å². The summed E-state index contributed by atoms with van der Waals surface area (Å²) in [6, 6.07) is 0. The third kappa shape index (κ3) is 7.69. The molecule has 76 valence electrons. The highest BCUT2D eigenvalue weighted by Gasteiger charge is 2.05. The van der Waals surface area contributed by atoms with Crippen LogP contribution in [0.25, 0.3) is 0 Å². The van der Waals surface area contributed by atoms with Crippen LogP contribution in [0, 0.1) is 0 Å². The van der Waals surface area contributed by atoms with Gasteiger partial charge in [0.15, 0.2) is 0 Å². The molecule has 2 heteroatoms. The van der Waals surface area contributed by atoms with Crippen molar-refractivity contribution in [2.75, 3.05) is 0 Å². The SMILES string of the molecule is CCC(=O)CC.O=C1CCCCC1. The van der Waals surface area contributed by atoms with Gasteiger partial charge in [-0.3, -0.25) is 9.59 Å². The van der Waals surface area contributed by atoms with Gasteiger partial charge in [0, 0.05) is 25.7 Å². The van der Waals surface area contributed by atoms with E-state index in [-0.39, 0.29) is 0 Å². The fourth-order valence-electron chi connectivity index (χ4n) is 1.20. The van der Waals surface area contributed by atoms with Crippen molar-refractivity contribution in [1.82, 2.24) is 0 Å². The quantitative estimate of drug-likeness (QED) is 0.661. The molecule has 0 unspecified atom stereocenters. The summed E-state index contributed by atoms with van der Waals surface area (Å²) < 4.78 is 0. The van der Waals surface area contributed by atoms with Crippen LogP contribution < -0.4 is 0 Å². The Morgan fingerprint density at radius 2 is 1.54 bits per heavy atom. The van der Waals surface area contributed by atoms with Gasteiger partial charge < -0.3 is 0 Å². The smallest absolute Gasteiger partial charge is 0.132 e. The van der Waals surface area contributed by atoms with Crippen LogP contribution in [-0.2, 0) is 9.59 Å². The highest BCUT2D eigenvalue weighted by Crippen LogP contribution is 2.12. The Balaban J connectivity index is 0.000000226. The zero-order chi connectivity index (χ0) is 10.1. The van der Waals surface area contributed by atoms with E-state index >= 15 is 0 Å². The van der Waals surface area contributed by atoms with Crippen molar-refractivity contribution >= 4 is 11.6 Å². The monoisotopic (exact) mass is 184 g/mol. The van der Waals surface area contributed by atoms with Crippen molar-refractivity contribution in [3.05, 3.63) is 0 Å². The molecule has 0 aromatic heterocycles. The predicted octanol–water partition coefficient (Wildman–Crippen LogP) is 2.90. The Morgan fingerprint density at radius 1 is 1.08 bits per heavy atom. The fraction of sp³-hybridized carbons (Fsp3) is 0.818. The number of Topliss-reactive ketones (excluding diaryl/α,β-unsaturated/α-hetero) is 2. The summed E-state index contributed by atoms with van der Waals surface area (Å²) in [6.07, 6.45) is 6.62. The molecule has 1 rings (SSSR count). The summed E-state index contributed by atoms with van der Waals surface area (Å²) in [4.78, 5) is 20.6. The van der Waals surface area contributed by atoms with Gasteiger partial charge in [0.1, 0.15) is 11.6 Å². The highest BCUT2D eigenvalue weighted by molar-refractivity contribution is 5.78. The van der Waals surface area contributed by atoms with Gasteiger partial charge in [-0.2, -0.15) is 0 Å². The van der Waals surface area contributed by atoms with Gasteiger partial charge in [0.25, 0.3) is 0 Å². The molecule has 0 N–H and O–H groups in total. The molecule has 0 aliphatic heterocycles. The van der Waals surface area contributed by atoms with Crippen LogP contribution in [0.2, 0.25) is 0 Å². The average Bonchev–Trinajstić information content (AvgIpc) is 2.19. The Morgan fingerprint density at radius 3 is 1.69 bits per heavy atom. The molecule has 0 spiro atoms. The number of carbonyl (C=O) groups excluding carboxylic acids is 2. The second-order valence-electron chi connectivity index (χ2n) is 3.35. The van der Waals surface area contributed by atoms with Gasteiger partial charge >= 0.3 is 0 Å². The molecule has 0 bridgehead atoms. The van der Waals surface area contributed by atoms with E-state index in [1.54, 1.807) is 0 Å². The Bertz CT molecular complexity index is 147. The first-order valence-corrected chi connectivity index (χ1v) is 5.24. The topological polar surface area (TPSA) is 34.1 Å².